The molecule has 0 aromatic carbocycles. The van der Waals surface area contributed by atoms with Gasteiger partial charge >= 0.3 is 5.97 Å². The van der Waals surface area contributed by atoms with Crippen LogP contribution < -0.4 is 0 Å². The first kappa shape index (κ1) is 12.4. The van der Waals surface area contributed by atoms with E-state index in [1.54, 1.807) is 4.90 Å². The fraction of sp³-hybridized carbons (Fsp3) is 0.833. The highest BCUT2D eigenvalue weighted by Crippen LogP contribution is 2.40. The number of amides is 1. The third kappa shape index (κ3) is 2.77. The van der Waals surface area contributed by atoms with Gasteiger partial charge in [-0.25, -0.2) is 0 Å². The molecule has 0 radical (unpaired) electrons. The zero-order valence-corrected chi connectivity index (χ0v) is 10.1. The molecular weight excluding hydrogens is 222 g/mol. The summed E-state index contributed by atoms with van der Waals surface area (Å²) >= 11 is 0. The van der Waals surface area contributed by atoms with Crippen molar-refractivity contribution in [3.05, 3.63) is 0 Å². The van der Waals surface area contributed by atoms with Crippen LogP contribution in [0.5, 0.6) is 0 Å². The minimum Gasteiger partial charge on any atom is -0.481 e. The summed E-state index contributed by atoms with van der Waals surface area (Å²) in [6.45, 7) is 3.97. The quantitative estimate of drug-likeness (QED) is 0.788. The highest BCUT2D eigenvalue weighted by molar-refractivity contribution is 5.89. The molecule has 5 nitrogen and oxygen atoms in total. The maximum Gasteiger partial charge on any atom is 0.307 e. The number of carbonyl (C=O) groups excluding carboxylic acids is 1. The lowest BCUT2D eigenvalue weighted by atomic mass is 10.1. The van der Waals surface area contributed by atoms with Crippen LogP contribution >= 0.6 is 0 Å². The molecule has 1 aliphatic carbocycles. The molecule has 1 saturated heterocycles. The highest BCUT2D eigenvalue weighted by Gasteiger charge is 2.50. The van der Waals surface area contributed by atoms with Crippen LogP contribution in [0.25, 0.3) is 0 Å². The molecule has 1 aliphatic heterocycles. The molecule has 2 aliphatic rings. The predicted molar refractivity (Wildman–Crippen MR) is 60.5 cm³/mol. The molecule has 1 saturated carbocycles. The van der Waals surface area contributed by atoms with E-state index >= 15 is 0 Å². The summed E-state index contributed by atoms with van der Waals surface area (Å²) < 4.78 is 5.53. The van der Waals surface area contributed by atoms with Gasteiger partial charge < -0.3 is 14.7 Å². The minimum absolute atomic E-state index is 0.00167. The number of carbonyl (C=O) groups is 2. The summed E-state index contributed by atoms with van der Waals surface area (Å²) in [5.74, 6) is -1.58. The van der Waals surface area contributed by atoms with E-state index in [9.17, 15) is 9.59 Å². The molecule has 2 rings (SSSR count). The number of hydrogen-bond acceptors (Lipinski definition) is 3. The highest BCUT2D eigenvalue weighted by atomic mass is 16.5. The van der Waals surface area contributed by atoms with E-state index in [-0.39, 0.29) is 17.9 Å². The molecule has 0 aromatic heterocycles. The van der Waals surface area contributed by atoms with Crippen molar-refractivity contribution in [3.8, 4) is 0 Å². The zero-order valence-electron chi connectivity index (χ0n) is 10.1. The van der Waals surface area contributed by atoms with Gasteiger partial charge in [-0.05, 0) is 26.2 Å². The normalized spacial score (nSPS) is 32.3. The van der Waals surface area contributed by atoms with Crippen LogP contribution in [0.3, 0.4) is 0 Å². The van der Waals surface area contributed by atoms with Crippen LogP contribution in [0.1, 0.15) is 26.2 Å². The van der Waals surface area contributed by atoms with E-state index in [0.717, 1.165) is 19.4 Å². The fourth-order valence-corrected chi connectivity index (χ4v) is 2.49. The summed E-state index contributed by atoms with van der Waals surface area (Å²) in [4.78, 5) is 24.5. The third-order valence-corrected chi connectivity index (χ3v) is 3.52. The van der Waals surface area contributed by atoms with Crippen LogP contribution in [0.15, 0.2) is 0 Å². The Hall–Kier alpha value is -1.10. The molecule has 1 heterocycles. The molecule has 3 atom stereocenters. The summed E-state index contributed by atoms with van der Waals surface area (Å²) in [5.41, 5.74) is 0. The summed E-state index contributed by atoms with van der Waals surface area (Å²) in [6.07, 6.45) is 2.56. The Morgan fingerprint density at radius 1 is 1.41 bits per heavy atom. The van der Waals surface area contributed by atoms with Gasteiger partial charge in [0.1, 0.15) is 0 Å². The molecule has 0 spiro atoms. The van der Waals surface area contributed by atoms with Gasteiger partial charge in [0.25, 0.3) is 0 Å². The van der Waals surface area contributed by atoms with Crippen molar-refractivity contribution in [2.45, 2.75) is 32.3 Å². The van der Waals surface area contributed by atoms with Crippen LogP contribution in [0, 0.1) is 11.8 Å². The lowest BCUT2D eigenvalue weighted by Crippen LogP contribution is -2.44. The van der Waals surface area contributed by atoms with Crippen molar-refractivity contribution >= 4 is 11.9 Å². The van der Waals surface area contributed by atoms with Gasteiger partial charge in [0, 0.05) is 19.7 Å². The van der Waals surface area contributed by atoms with Crippen molar-refractivity contribution in [1.82, 2.24) is 4.90 Å². The maximum absolute atomic E-state index is 12.0. The van der Waals surface area contributed by atoms with Gasteiger partial charge in [-0.3, -0.25) is 9.59 Å². The van der Waals surface area contributed by atoms with Gasteiger partial charge in [-0.15, -0.1) is 0 Å². The molecule has 17 heavy (non-hydrogen) atoms. The molecule has 1 N–H and O–H groups in total. The second-order valence-electron chi connectivity index (χ2n) is 4.79. The van der Waals surface area contributed by atoms with Crippen LogP contribution in [0.4, 0.5) is 0 Å². The van der Waals surface area contributed by atoms with E-state index < -0.39 is 11.9 Å². The number of nitrogens with zero attached hydrogens (tertiary/aromatic N) is 1. The maximum atomic E-state index is 12.0. The molecule has 2 fully saturated rings. The smallest absolute Gasteiger partial charge is 0.307 e. The number of carboxylic acids is 1. The molecular formula is C12H19NO4. The third-order valence-electron chi connectivity index (χ3n) is 3.52. The molecule has 96 valence electrons. The molecule has 1 amide bonds. The van der Waals surface area contributed by atoms with Crippen molar-refractivity contribution < 1.29 is 19.4 Å². The van der Waals surface area contributed by atoms with E-state index in [2.05, 4.69) is 0 Å². The number of aliphatic carboxylic acids is 1. The lowest BCUT2D eigenvalue weighted by Gasteiger charge is -2.32. The minimum atomic E-state index is -0.846. The van der Waals surface area contributed by atoms with E-state index in [4.69, 9.17) is 9.84 Å². The van der Waals surface area contributed by atoms with Crippen molar-refractivity contribution in [2.75, 3.05) is 19.7 Å². The Labute approximate surface area is 101 Å². The Bertz CT molecular complexity index is 316. The predicted octanol–water partition coefficient (Wildman–Crippen LogP) is 0.735. The monoisotopic (exact) mass is 241 g/mol. The molecule has 0 aromatic rings. The van der Waals surface area contributed by atoms with Crippen LogP contribution in [-0.2, 0) is 14.3 Å². The Kier molecular flexibility index (Phi) is 3.66. The second kappa shape index (κ2) is 5.04. The average Bonchev–Trinajstić information content (AvgIpc) is 3.09. The average molecular weight is 241 g/mol. The topological polar surface area (TPSA) is 66.8 Å². The number of rotatable bonds is 4. The lowest BCUT2D eigenvalue weighted by molar-refractivity contribution is -0.143. The number of ether oxygens (including phenoxy) is 1. The molecule has 5 heteroatoms. The number of carboxylic acid groups (broad SMARTS) is 1. The first-order valence-electron chi connectivity index (χ1n) is 6.26. The molecule has 0 bridgehead atoms. The van der Waals surface area contributed by atoms with Gasteiger partial charge in [-0.1, -0.05) is 0 Å². The summed E-state index contributed by atoms with van der Waals surface area (Å²) in [5, 5.41) is 8.81. The second-order valence-corrected chi connectivity index (χ2v) is 4.79. The van der Waals surface area contributed by atoms with E-state index in [1.807, 2.05) is 6.92 Å². The number of hydrogen-bond donors (Lipinski definition) is 1. The Balaban J connectivity index is 1.85. The van der Waals surface area contributed by atoms with Crippen molar-refractivity contribution in [3.63, 3.8) is 0 Å². The SMILES string of the molecule is CCOC1CCCN(C(=O)[C@@H]2C[C@@H]2C(=O)O)C1. The van der Waals surface area contributed by atoms with Gasteiger partial charge in [-0.2, -0.15) is 0 Å². The number of piperidine rings is 1. The Morgan fingerprint density at radius 2 is 2.18 bits per heavy atom. The molecule has 1 unspecified atom stereocenters. The van der Waals surface area contributed by atoms with Crippen LogP contribution in [-0.4, -0.2) is 47.7 Å². The van der Waals surface area contributed by atoms with E-state index in [0.29, 0.717) is 19.6 Å². The Morgan fingerprint density at radius 3 is 2.76 bits per heavy atom. The standard InChI is InChI=1S/C12H19NO4/c1-2-17-8-4-3-5-13(7-8)11(14)9-6-10(9)12(15)16/h8-10H,2-7H2,1H3,(H,15,16)/t8?,9-,10+/m1/s1. The largest absolute Gasteiger partial charge is 0.481 e. The number of likely N-dealkylation sites (tertiary alicyclic amines) is 1. The summed E-state index contributed by atoms with van der Waals surface area (Å²) in [6, 6.07) is 0. The zero-order chi connectivity index (χ0) is 12.4. The summed E-state index contributed by atoms with van der Waals surface area (Å²) in [7, 11) is 0. The van der Waals surface area contributed by atoms with E-state index in [1.165, 1.54) is 0 Å². The van der Waals surface area contributed by atoms with Gasteiger partial charge in [0.2, 0.25) is 5.91 Å². The first-order valence-corrected chi connectivity index (χ1v) is 6.26. The van der Waals surface area contributed by atoms with Crippen LogP contribution in [0.2, 0.25) is 0 Å². The fourth-order valence-electron chi connectivity index (χ4n) is 2.49. The van der Waals surface area contributed by atoms with Gasteiger partial charge in [0.15, 0.2) is 0 Å². The first-order chi connectivity index (χ1) is 8.13. The van der Waals surface area contributed by atoms with Crippen molar-refractivity contribution in [2.24, 2.45) is 11.8 Å². The van der Waals surface area contributed by atoms with Gasteiger partial charge in [0.05, 0.1) is 17.9 Å². The van der Waals surface area contributed by atoms with Crippen molar-refractivity contribution in [1.29, 1.82) is 0 Å².